The summed E-state index contributed by atoms with van der Waals surface area (Å²) in [5.41, 5.74) is 3.12. The van der Waals surface area contributed by atoms with E-state index in [0.29, 0.717) is 26.3 Å². The number of nitrogens with one attached hydrogen (secondary N) is 1. The molecule has 2 aromatic rings. The van der Waals surface area contributed by atoms with Crippen molar-refractivity contribution in [2.45, 2.75) is 0 Å². The molecule has 104 valence electrons. The Morgan fingerprint density at radius 1 is 1.20 bits per heavy atom. The predicted molar refractivity (Wildman–Crippen MR) is 81.2 cm³/mol. The predicted octanol–water partition coefficient (Wildman–Crippen LogP) is 3.28. The third-order valence-electron chi connectivity index (χ3n) is 3.27. The minimum atomic E-state index is -0.0595. The normalized spacial score (nSPS) is 15.1. The van der Waals surface area contributed by atoms with Crippen LogP contribution in [0.4, 0.5) is 10.5 Å². The van der Waals surface area contributed by atoms with Crippen LogP contribution in [0.2, 0.25) is 0 Å². The van der Waals surface area contributed by atoms with Crippen LogP contribution in [0.15, 0.2) is 41.1 Å². The molecule has 20 heavy (non-hydrogen) atoms. The number of hydrogen-bond acceptors (Lipinski definition) is 3. The van der Waals surface area contributed by atoms with Gasteiger partial charge >= 0.3 is 6.03 Å². The van der Waals surface area contributed by atoms with E-state index in [-0.39, 0.29) is 6.03 Å². The van der Waals surface area contributed by atoms with Crippen LogP contribution in [0.5, 0.6) is 0 Å². The lowest BCUT2D eigenvalue weighted by Crippen LogP contribution is -2.43. The van der Waals surface area contributed by atoms with Crippen molar-refractivity contribution in [3.8, 4) is 11.1 Å². The van der Waals surface area contributed by atoms with Crippen molar-refractivity contribution < 1.29 is 9.53 Å². The zero-order valence-electron chi connectivity index (χ0n) is 11.0. The van der Waals surface area contributed by atoms with Crippen LogP contribution >= 0.6 is 11.3 Å². The second kappa shape index (κ2) is 6.07. The molecule has 2 heterocycles. The molecule has 1 aromatic carbocycles. The highest BCUT2D eigenvalue weighted by Crippen LogP contribution is 2.24. The van der Waals surface area contributed by atoms with E-state index in [4.69, 9.17) is 4.74 Å². The molecule has 1 fully saturated rings. The number of carbonyl (C=O) groups excluding carboxylic acids is 1. The summed E-state index contributed by atoms with van der Waals surface area (Å²) in [5, 5.41) is 7.10. The highest BCUT2D eigenvalue weighted by molar-refractivity contribution is 7.08. The average molecular weight is 288 g/mol. The Balaban J connectivity index is 1.71. The summed E-state index contributed by atoms with van der Waals surface area (Å²) in [7, 11) is 0. The molecular weight excluding hydrogens is 272 g/mol. The minimum Gasteiger partial charge on any atom is -0.378 e. The molecule has 1 N–H and O–H groups in total. The molecule has 0 saturated carbocycles. The smallest absolute Gasteiger partial charge is 0.321 e. The molecule has 1 saturated heterocycles. The standard InChI is InChI=1S/C15H16N2O2S/c18-15(17-5-7-19-8-6-17)16-14-3-1-2-12(10-14)13-4-9-20-11-13/h1-4,9-11H,5-8H2,(H,16,18). The maximum atomic E-state index is 12.1. The maximum absolute atomic E-state index is 12.1. The van der Waals surface area contributed by atoms with Gasteiger partial charge in [0.25, 0.3) is 0 Å². The zero-order valence-corrected chi connectivity index (χ0v) is 11.9. The third kappa shape index (κ3) is 3.00. The Labute approximate surface area is 122 Å². The van der Waals surface area contributed by atoms with Crippen LogP contribution in [0.25, 0.3) is 11.1 Å². The van der Waals surface area contributed by atoms with Crippen LogP contribution in [-0.4, -0.2) is 37.2 Å². The van der Waals surface area contributed by atoms with Gasteiger partial charge < -0.3 is 15.0 Å². The first-order chi connectivity index (χ1) is 9.83. The van der Waals surface area contributed by atoms with Crippen molar-refractivity contribution in [2.24, 2.45) is 0 Å². The van der Waals surface area contributed by atoms with Gasteiger partial charge in [-0.25, -0.2) is 4.79 Å². The lowest BCUT2D eigenvalue weighted by molar-refractivity contribution is 0.0564. The number of amides is 2. The Bertz CT molecular complexity index is 577. The number of anilines is 1. The highest BCUT2D eigenvalue weighted by atomic mass is 32.1. The van der Waals surface area contributed by atoms with E-state index in [0.717, 1.165) is 11.3 Å². The fraction of sp³-hybridized carbons (Fsp3) is 0.267. The molecular formula is C15H16N2O2S. The first-order valence-corrected chi connectivity index (χ1v) is 7.53. The molecule has 0 bridgehead atoms. The minimum absolute atomic E-state index is 0.0595. The van der Waals surface area contributed by atoms with Crippen LogP contribution < -0.4 is 5.32 Å². The SMILES string of the molecule is O=C(Nc1cccc(-c2ccsc2)c1)N1CCOCC1. The number of thiophene rings is 1. The van der Waals surface area contributed by atoms with Gasteiger partial charge in [-0.15, -0.1) is 0 Å². The summed E-state index contributed by atoms with van der Waals surface area (Å²) in [6.07, 6.45) is 0. The van der Waals surface area contributed by atoms with Crippen LogP contribution in [0, 0.1) is 0 Å². The molecule has 5 heteroatoms. The van der Waals surface area contributed by atoms with Crippen molar-refractivity contribution in [3.05, 3.63) is 41.1 Å². The molecule has 0 atom stereocenters. The fourth-order valence-corrected chi connectivity index (χ4v) is 2.84. The lowest BCUT2D eigenvalue weighted by Gasteiger charge is -2.27. The Morgan fingerprint density at radius 2 is 2.05 bits per heavy atom. The lowest BCUT2D eigenvalue weighted by atomic mass is 10.1. The zero-order chi connectivity index (χ0) is 13.8. The molecule has 1 aliphatic rings. The number of urea groups is 1. The van der Waals surface area contributed by atoms with E-state index in [9.17, 15) is 4.79 Å². The molecule has 0 unspecified atom stereocenters. The van der Waals surface area contributed by atoms with Gasteiger partial charge in [0.2, 0.25) is 0 Å². The van der Waals surface area contributed by atoms with Crippen molar-refractivity contribution in [1.29, 1.82) is 0 Å². The van der Waals surface area contributed by atoms with E-state index in [2.05, 4.69) is 16.8 Å². The van der Waals surface area contributed by atoms with E-state index in [1.807, 2.05) is 29.6 Å². The summed E-state index contributed by atoms with van der Waals surface area (Å²) in [6, 6.07) is 9.94. The number of nitrogens with zero attached hydrogens (tertiary/aromatic N) is 1. The average Bonchev–Trinajstić information content (AvgIpc) is 3.03. The van der Waals surface area contributed by atoms with Crippen molar-refractivity contribution in [1.82, 2.24) is 4.90 Å². The van der Waals surface area contributed by atoms with Gasteiger partial charge in [-0.3, -0.25) is 0 Å². The molecule has 0 aliphatic carbocycles. The summed E-state index contributed by atoms with van der Waals surface area (Å²) >= 11 is 1.67. The van der Waals surface area contributed by atoms with E-state index in [1.165, 1.54) is 5.56 Å². The number of benzene rings is 1. The summed E-state index contributed by atoms with van der Waals surface area (Å²) < 4.78 is 5.25. The number of rotatable bonds is 2. The van der Waals surface area contributed by atoms with E-state index < -0.39 is 0 Å². The number of morpholine rings is 1. The first-order valence-electron chi connectivity index (χ1n) is 6.59. The topological polar surface area (TPSA) is 41.6 Å². The van der Waals surface area contributed by atoms with Gasteiger partial charge in [0.05, 0.1) is 13.2 Å². The fourth-order valence-electron chi connectivity index (χ4n) is 2.17. The molecule has 3 rings (SSSR count). The van der Waals surface area contributed by atoms with Gasteiger partial charge in [-0.05, 0) is 40.1 Å². The van der Waals surface area contributed by atoms with E-state index >= 15 is 0 Å². The number of hydrogen-bond donors (Lipinski definition) is 1. The Hall–Kier alpha value is -1.85. The van der Waals surface area contributed by atoms with Crippen LogP contribution in [0.1, 0.15) is 0 Å². The van der Waals surface area contributed by atoms with Gasteiger partial charge in [0.1, 0.15) is 0 Å². The first kappa shape index (κ1) is 13.1. The second-order valence-corrected chi connectivity index (χ2v) is 5.40. The molecule has 1 aromatic heterocycles. The summed E-state index contributed by atoms with van der Waals surface area (Å²) in [5.74, 6) is 0. The maximum Gasteiger partial charge on any atom is 0.321 e. The second-order valence-electron chi connectivity index (χ2n) is 4.62. The van der Waals surface area contributed by atoms with Gasteiger partial charge in [0, 0.05) is 18.8 Å². The van der Waals surface area contributed by atoms with Gasteiger partial charge in [0.15, 0.2) is 0 Å². The largest absolute Gasteiger partial charge is 0.378 e. The summed E-state index contributed by atoms with van der Waals surface area (Å²) in [6.45, 7) is 2.52. The van der Waals surface area contributed by atoms with E-state index in [1.54, 1.807) is 16.2 Å². The van der Waals surface area contributed by atoms with Crippen molar-refractivity contribution in [2.75, 3.05) is 31.6 Å². The van der Waals surface area contributed by atoms with Gasteiger partial charge in [-0.2, -0.15) is 11.3 Å². The van der Waals surface area contributed by atoms with Crippen LogP contribution in [-0.2, 0) is 4.74 Å². The van der Waals surface area contributed by atoms with Gasteiger partial charge in [-0.1, -0.05) is 12.1 Å². The third-order valence-corrected chi connectivity index (χ3v) is 3.95. The Morgan fingerprint density at radius 3 is 2.80 bits per heavy atom. The highest BCUT2D eigenvalue weighted by Gasteiger charge is 2.16. The summed E-state index contributed by atoms with van der Waals surface area (Å²) in [4.78, 5) is 13.9. The molecule has 0 spiro atoms. The molecule has 1 aliphatic heterocycles. The molecule has 0 radical (unpaired) electrons. The molecule has 2 amide bonds. The van der Waals surface area contributed by atoms with Crippen molar-refractivity contribution >= 4 is 23.1 Å². The number of carbonyl (C=O) groups is 1. The monoisotopic (exact) mass is 288 g/mol. The quantitative estimate of drug-likeness (QED) is 0.921. The Kier molecular flexibility index (Phi) is 3.99. The van der Waals surface area contributed by atoms with Crippen LogP contribution in [0.3, 0.4) is 0 Å². The molecule has 4 nitrogen and oxygen atoms in total. The number of ether oxygens (including phenoxy) is 1. The van der Waals surface area contributed by atoms with Crippen molar-refractivity contribution in [3.63, 3.8) is 0 Å².